The molecule has 2 nitrogen and oxygen atoms in total. The number of rotatable bonds is 2. The molecular weight excluding hydrogens is 162 g/mol. The van der Waals surface area contributed by atoms with Crippen molar-refractivity contribution in [3.63, 3.8) is 0 Å². The molecule has 2 aliphatic rings. The van der Waals surface area contributed by atoms with Gasteiger partial charge in [0.1, 0.15) is 0 Å². The summed E-state index contributed by atoms with van der Waals surface area (Å²) in [6.07, 6.45) is 5.76. The second-order valence-corrected chi connectivity index (χ2v) is 4.75. The first-order valence-electron chi connectivity index (χ1n) is 5.63. The van der Waals surface area contributed by atoms with E-state index < -0.39 is 0 Å². The van der Waals surface area contributed by atoms with Gasteiger partial charge in [-0.25, -0.2) is 0 Å². The maximum atomic E-state index is 5.54. The van der Waals surface area contributed by atoms with Crippen LogP contribution in [0.25, 0.3) is 0 Å². The Hall–Kier alpha value is -0.0800. The van der Waals surface area contributed by atoms with Crippen LogP contribution in [0.4, 0.5) is 0 Å². The van der Waals surface area contributed by atoms with Gasteiger partial charge in [0.15, 0.2) is 0 Å². The van der Waals surface area contributed by atoms with E-state index in [1.165, 1.54) is 25.7 Å². The average molecular weight is 183 g/mol. The normalized spacial score (nSPS) is 45.7. The summed E-state index contributed by atoms with van der Waals surface area (Å²) in [5, 5.41) is 3.73. The first-order chi connectivity index (χ1) is 6.25. The van der Waals surface area contributed by atoms with Gasteiger partial charge in [0.25, 0.3) is 0 Å². The number of ether oxygens (including phenoxy) is 1. The van der Waals surface area contributed by atoms with Crippen LogP contribution in [0.1, 0.15) is 39.5 Å². The average Bonchev–Trinajstić information content (AvgIpc) is 2.64. The summed E-state index contributed by atoms with van der Waals surface area (Å²) in [5.74, 6) is 0.926. The Labute approximate surface area is 81.0 Å². The van der Waals surface area contributed by atoms with E-state index in [1.54, 1.807) is 0 Å². The van der Waals surface area contributed by atoms with E-state index in [9.17, 15) is 0 Å². The molecule has 2 heteroatoms. The Morgan fingerprint density at radius 1 is 1.15 bits per heavy atom. The van der Waals surface area contributed by atoms with E-state index in [-0.39, 0.29) is 0 Å². The highest BCUT2D eigenvalue weighted by Crippen LogP contribution is 2.26. The second-order valence-electron chi connectivity index (χ2n) is 4.75. The summed E-state index contributed by atoms with van der Waals surface area (Å²) in [6.45, 7) is 5.49. The molecule has 0 bridgehead atoms. The van der Waals surface area contributed by atoms with Gasteiger partial charge >= 0.3 is 0 Å². The van der Waals surface area contributed by atoms with Crippen molar-refractivity contribution in [3.8, 4) is 0 Å². The lowest BCUT2D eigenvalue weighted by atomic mass is 10.1. The fourth-order valence-electron chi connectivity index (χ4n) is 2.61. The van der Waals surface area contributed by atoms with Crippen molar-refractivity contribution >= 4 is 0 Å². The molecule has 13 heavy (non-hydrogen) atoms. The quantitative estimate of drug-likeness (QED) is 0.706. The predicted octanol–water partition coefficient (Wildman–Crippen LogP) is 1.94. The topological polar surface area (TPSA) is 21.3 Å². The fourth-order valence-corrected chi connectivity index (χ4v) is 2.61. The van der Waals surface area contributed by atoms with Gasteiger partial charge in [-0.15, -0.1) is 0 Å². The Balaban J connectivity index is 1.77. The van der Waals surface area contributed by atoms with Gasteiger partial charge in [0.05, 0.1) is 6.10 Å². The standard InChI is InChI=1S/C11H21NO/c1-8-3-4-10(7-8)12-11-5-6-13-9(11)2/h8-12H,3-7H2,1-2H3/t8?,9-,10?,11-/m1/s1. The van der Waals surface area contributed by atoms with E-state index in [2.05, 4.69) is 19.2 Å². The molecular formula is C11H21NO. The Morgan fingerprint density at radius 3 is 2.54 bits per heavy atom. The van der Waals surface area contributed by atoms with Crippen LogP contribution in [-0.4, -0.2) is 24.8 Å². The molecule has 1 aliphatic heterocycles. The summed E-state index contributed by atoms with van der Waals surface area (Å²) in [4.78, 5) is 0. The Bertz CT molecular complexity index is 171. The van der Waals surface area contributed by atoms with Gasteiger partial charge in [-0.3, -0.25) is 0 Å². The van der Waals surface area contributed by atoms with E-state index in [0.717, 1.165) is 18.6 Å². The number of nitrogens with one attached hydrogen (secondary N) is 1. The minimum Gasteiger partial charge on any atom is -0.377 e. The fraction of sp³-hybridized carbons (Fsp3) is 1.00. The third-order valence-electron chi connectivity index (χ3n) is 3.52. The Kier molecular flexibility index (Phi) is 2.89. The largest absolute Gasteiger partial charge is 0.377 e. The van der Waals surface area contributed by atoms with Crippen LogP contribution in [0.15, 0.2) is 0 Å². The second kappa shape index (κ2) is 3.97. The SMILES string of the molecule is CC1CCC(N[C@@H]2CCO[C@@H]2C)C1. The highest BCUT2D eigenvalue weighted by atomic mass is 16.5. The zero-order valence-electron chi connectivity index (χ0n) is 8.75. The van der Waals surface area contributed by atoms with Crippen molar-refractivity contribution in [2.75, 3.05) is 6.61 Å². The lowest BCUT2D eigenvalue weighted by Crippen LogP contribution is -2.40. The summed E-state index contributed by atoms with van der Waals surface area (Å²) < 4.78 is 5.54. The first kappa shape index (κ1) is 9.47. The van der Waals surface area contributed by atoms with Crippen LogP contribution in [-0.2, 0) is 4.74 Å². The van der Waals surface area contributed by atoms with E-state index >= 15 is 0 Å². The number of hydrogen-bond acceptors (Lipinski definition) is 2. The molecule has 0 aromatic carbocycles. The van der Waals surface area contributed by atoms with Crippen molar-refractivity contribution in [1.29, 1.82) is 0 Å². The molecule has 1 saturated heterocycles. The monoisotopic (exact) mass is 183 g/mol. The summed E-state index contributed by atoms with van der Waals surface area (Å²) in [6, 6.07) is 1.39. The molecule has 0 spiro atoms. The molecule has 2 fully saturated rings. The first-order valence-corrected chi connectivity index (χ1v) is 5.63. The van der Waals surface area contributed by atoms with Crippen LogP contribution < -0.4 is 5.32 Å². The van der Waals surface area contributed by atoms with Crippen molar-refractivity contribution in [2.45, 2.75) is 57.7 Å². The van der Waals surface area contributed by atoms with Crippen LogP contribution >= 0.6 is 0 Å². The zero-order valence-corrected chi connectivity index (χ0v) is 8.75. The highest BCUT2D eigenvalue weighted by molar-refractivity contribution is 4.86. The third-order valence-corrected chi connectivity index (χ3v) is 3.52. The van der Waals surface area contributed by atoms with Crippen LogP contribution in [0.3, 0.4) is 0 Å². The van der Waals surface area contributed by atoms with Crippen LogP contribution in [0.5, 0.6) is 0 Å². The van der Waals surface area contributed by atoms with E-state index in [0.29, 0.717) is 12.1 Å². The molecule has 4 atom stereocenters. The molecule has 1 saturated carbocycles. The predicted molar refractivity (Wildman–Crippen MR) is 53.8 cm³/mol. The summed E-state index contributed by atoms with van der Waals surface area (Å²) >= 11 is 0. The minimum atomic E-state index is 0.427. The zero-order chi connectivity index (χ0) is 9.26. The molecule has 0 aromatic heterocycles. The van der Waals surface area contributed by atoms with Gasteiger partial charge < -0.3 is 10.1 Å². The lowest BCUT2D eigenvalue weighted by Gasteiger charge is -2.21. The van der Waals surface area contributed by atoms with Crippen LogP contribution in [0.2, 0.25) is 0 Å². The molecule has 76 valence electrons. The summed E-state index contributed by atoms with van der Waals surface area (Å²) in [5.41, 5.74) is 0. The summed E-state index contributed by atoms with van der Waals surface area (Å²) in [7, 11) is 0. The highest BCUT2D eigenvalue weighted by Gasteiger charge is 2.29. The van der Waals surface area contributed by atoms with Crippen molar-refractivity contribution < 1.29 is 4.74 Å². The van der Waals surface area contributed by atoms with E-state index in [4.69, 9.17) is 4.74 Å². The molecule has 1 N–H and O–H groups in total. The lowest BCUT2D eigenvalue weighted by molar-refractivity contribution is 0.111. The number of hydrogen-bond donors (Lipinski definition) is 1. The third kappa shape index (κ3) is 2.23. The van der Waals surface area contributed by atoms with Gasteiger partial charge in [0.2, 0.25) is 0 Å². The molecule has 0 radical (unpaired) electrons. The minimum absolute atomic E-state index is 0.427. The van der Waals surface area contributed by atoms with E-state index in [1.807, 2.05) is 0 Å². The van der Waals surface area contributed by atoms with Crippen molar-refractivity contribution in [1.82, 2.24) is 5.32 Å². The maximum Gasteiger partial charge on any atom is 0.0700 e. The molecule has 2 unspecified atom stereocenters. The van der Waals surface area contributed by atoms with Gasteiger partial charge in [-0.2, -0.15) is 0 Å². The molecule has 0 amide bonds. The van der Waals surface area contributed by atoms with Gasteiger partial charge in [-0.05, 0) is 38.5 Å². The van der Waals surface area contributed by atoms with Gasteiger partial charge in [0, 0.05) is 18.7 Å². The molecule has 2 rings (SSSR count). The Morgan fingerprint density at radius 2 is 2.00 bits per heavy atom. The van der Waals surface area contributed by atoms with Crippen molar-refractivity contribution in [3.05, 3.63) is 0 Å². The van der Waals surface area contributed by atoms with Gasteiger partial charge in [-0.1, -0.05) is 6.92 Å². The maximum absolute atomic E-state index is 5.54. The molecule has 0 aromatic rings. The smallest absolute Gasteiger partial charge is 0.0700 e. The molecule has 1 aliphatic carbocycles. The van der Waals surface area contributed by atoms with Crippen molar-refractivity contribution in [2.24, 2.45) is 5.92 Å². The molecule has 1 heterocycles. The van der Waals surface area contributed by atoms with Crippen LogP contribution in [0, 0.1) is 5.92 Å².